The van der Waals surface area contributed by atoms with Gasteiger partial charge in [-0.2, -0.15) is 0 Å². The van der Waals surface area contributed by atoms with Crippen LogP contribution in [0.25, 0.3) is 0 Å². The van der Waals surface area contributed by atoms with Crippen molar-refractivity contribution in [3.8, 4) is 0 Å². The fraction of sp³-hybridized carbons (Fsp3) is 0.438. The molecule has 1 aliphatic rings. The lowest BCUT2D eigenvalue weighted by atomic mass is 9.90. The SMILES string of the molecule is O=C(Cc1cccs1)N[C@H](c1cccs1)C1CCOCC1. The van der Waals surface area contributed by atoms with E-state index in [4.69, 9.17) is 4.74 Å². The van der Waals surface area contributed by atoms with Crippen LogP contribution in [-0.2, 0) is 16.0 Å². The van der Waals surface area contributed by atoms with Gasteiger partial charge in [0.05, 0.1) is 12.5 Å². The monoisotopic (exact) mass is 321 g/mol. The van der Waals surface area contributed by atoms with Gasteiger partial charge in [-0.3, -0.25) is 4.79 Å². The molecule has 1 N–H and O–H groups in total. The van der Waals surface area contributed by atoms with Gasteiger partial charge in [-0.15, -0.1) is 22.7 Å². The molecule has 0 saturated carbocycles. The molecule has 3 nitrogen and oxygen atoms in total. The van der Waals surface area contributed by atoms with E-state index < -0.39 is 0 Å². The maximum absolute atomic E-state index is 12.3. The first-order valence-corrected chi connectivity index (χ1v) is 9.02. The van der Waals surface area contributed by atoms with E-state index in [1.807, 2.05) is 17.5 Å². The van der Waals surface area contributed by atoms with Crippen molar-refractivity contribution in [2.45, 2.75) is 25.3 Å². The third-order valence-electron chi connectivity index (χ3n) is 3.82. The van der Waals surface area contributed by atoms with Crippen LogP contribution in [0.3, 0.4) is 0 Å². The topological polar surface area (TPSA) is 38.3 Å². The van der Waals surface area contributed by atoms with E-state index in [-0.39, 0.29) is 11.9 Å². The molecule has 21 heavy (non-hydrogen) atoms. The van der Waals surface area contributed by atoms with Gasteiger partial charge in [0.15, 0.2) is 0 Å². The van der Waals surface area contributed by atoms with Crippen LogP contribution in [-0.4, -0.2) is 19.1 Å². The van der Waals surface area contributed by atoms with E-state index in [2.05, 4.69) is 22.8 Å². The van der Waals surface area contributed by atoms with Gasteiger partial charge in [-0.1, -0.05) is 12.1 Å². The molecular weight excluding hydrogens is 302 g/mol. The van der Waals surface area contributed by atoms with Gasteiger partial charge < -0.3 is 10.1 Å². The number of thiophene rings is 2. The second kappa shape index (κ2) is 7.20. The molecule has 1 amide bonds. The molecule has 0 unspecified atom stereocenters. The van der Waals surface area contributed by atoms with Crippen LogP contribution >= 0.6 is 22.7 Å². The van der Waals surface area contributed by atoms with E-state index in [0.717, 1.165) is 30.9 Å². The molecular formula is C16H19NO2S2. The molecule has 0 aliphatic carbocycles. The Bertz CT molecular complexity index is 545. The summed E-state index contributed by atoms with van der Waals surface area (Å²) in [4.78, 5) is 14.7. The maximum Gasteiger partial charge on any atom is 0.225 e. The molecule has 3 heterocycles. The van der Waals surface area contributed by atoms with Crippen molar-refractivity contribution < 1.29 is 9.53 Å². The Balaban J connectivity index is 1.68. The predicted molar refractivity (Wildman–Crippen MR) is 86.8 cm³/mol. The second-order valence-corrected chi connectivity index (χ2v) is 7.28. The highest BCUT2D eigenvalue weighted by atomic mass is 32.1. The molecule has 1 fully saturated rings. The van der Waals surface area contributed by atoms with E-state index in [1.54, 1.807) is 22.7 Å². The molecule has 0 spiro atoms. The third-order valence-corrected chi connectivity index (χ3v) is 5.65. The number of carbonyl (C=O) groups is 1. The highest BCUT2D eigenvalue weighted by Gasteiger charge is 2.27. The van der Waals surface area contributed by atoms with Crippen molar-refractivity contribution in [2.24, 2.45) is 5.92 Å². The molecule has 0 aromatic carbocycles. The Morgan fingerprint density at radius 2 is 2.00 bits per heavy atom. The third kappa shape index (κ3) is 3.93. The lowest BCUT2D eigenvalue weighted by Crippen LogP contribution is -2.36. The Labute approximate surface area is 133 Å². The van der Waals surface area contributed by atoms with Gasteiger partial charge in [0, 0.05) is 23.0 Å². The summed E-state index contributed by atoms with van der Waals surface area (Å²) >= 11 is 3.35. The van der Waals surface area contributed by atoms with Crippen molar-refractivity contribution in [3.05, 3.63) is 44.8 Å². The first kappa shape index (κ1) is 14.8. The number of carbonyl (C=O) groups excluding carboxylic acids is 1. The van der Waals surface area contributed by atoms with E-state index >= 15 is 0 Å². The Hall–Kier alpha value is -1.17. The van der Waals surface area contributed by atoms with E-state index in [0.29, 0.717) is 12.3 Å². The fourth-order valence-corrected chi connectivity index (χ4v) is 4.31. The summed E-state index contributed by atoms with van der Waals surface area (Å²) in [5.41, 5.74) is 0. The van der Waals surface area contributed by atoms with Gasteiger partial charge in [-0.05, 0) is 41.7 Å². The van der Waals surface area contributed by atoms with Crippen molar-refractivity contribution in [1.82, 2.24) is 5.32 Å². The Morgan fingerprint density at radius 1 is 1.24 bits per heavy atom. The predicted octanol–water partition coefficient (Wildman–Crippen LogP) is 3.64. The fourth-order valence-electron chi connectivity index (χ4n) is 2.73. The van der Waals surface area contributed by atoms with Crippen LogP contribution in [0.15, 0.2) is 35.0 Å². The largest absolute Gasteiger partial charge is 0.381 e. The minimum atomic E-state index is 0.113. The van der Waals surface area contributed by atoms with Crippen LogP contribution < -0.4 is 5.32 Å². The van der Waals surface area contributed by atoms with Crippen LogP contribution in [0.4, 0.5) is 0 Å². The minimum absolute atomic E-state index is 0.113. The summed E-state index contributed by atoms with van der Waals surface area (Å²) in [7, 11) is 0. The number of amides is 1. The Kier molecular flexibility index (Phi) is 5.06. The summed E-state index contributed by atoms with van der Waals surface area (Å²) in [6.45, 7) is 1.60. The molecule has 112 valence electrons. The van der Waals surface area contributed by atoms with E-state index in [9.17, 15) is 4.79 Å². The molecule has 2 aromatic rings. The average Bonchev–Trinajstić information content (AvgIpc) is 3.19. The summed E-state index contributed by atoms with van der Waals surface area (Å²) in [6.07, 6.45) is 2.51. The molecule has 1 saturated heterocycles. The van der Waals surface area contributed by atoms with Crippen LogP contribution in [0.1, 0.15) is 28.6 Å². The molecule has 1 aliphatic heterocycles. The summed E-state index contributed by atoms with van der Waals surface area (Å²) < 4.78 is 5.45. The van der Waals surface area contributed by atoms with Crippen LogP contribution in [0, 0.1) is 5.92 Å². The minimum Gasteiger partial charge on any atom is -0.381 e. The zero-order valence-corrected chi connectivity index (χ0v) is 13.4. The standard InChI is InChI=1S/C16H19NO2S2/c18-15(11-13-3-1-9-20-13)17-16(14-4-2-10-21-14)12-5-7-19-8-6-12/h1-4,9-10,12,16H,5-8,11H2,(H,17,18)/t16-/m0/s1. The second-order valence-electron chi connectivity index (χ2n) is 5.27. The summed E-state index contributed by atoms with van der Waals surface area (Å²) in [5, 5.41) is 7.34. The molecule has 0 radical (unpaired) electrons. The average molecular weight is 321 g/mol. The lowest BCUT2D eigenvalue weighted by Gasteiger charge is -2.30. The quantitative estimate of drug-likeness (QED) is 0.913. The van der Waals surface area contributed by atoms with E-state index in [1.165, 1.54) is 4.88 Å². The smallest absolute Gasteiger partial charge is 0.225 e. The van der Waals surface area contributed by atoms with Crippen molar-refractivity contribution in [3.63, 3.8) is 0 Å². The van der Waals surface area contributed by atoms with Crippen molar-refractivity contribution >= 4 is 28.6 Å². The van der Waals surface area contributed by atoms with Gasteiger partial charge in [0.25, 0.3) is 0 Å². The van der Waals surface area contributed by atoms with Crippen LogP contribution in [0.2, 0.25) is 0 Å². The number of rotatable bonds is 5. The van der Waals surface area contributed by atoms with Gasteiger partial charge in [-0.25, -0.2) is 0 Å². The zero-order valence-electron chi connectivity index (χ0n) is 11.8. The molecule has 0 bridgehead atoms. The van der Waals surface area contributed by atoms with Gasteiger partial charge in [0.1, 0.15) is 0 Å². The molecule has 1 atom stereocenters. The molecule has 5 heteroatoms. The maximum atomic E-state index is 12.3. The number of hydrogen-bond donors (Lipinski definition) is 1. The normalized spacial score (nSPS) is 17.5. The summed E-state index contributed by atoms with van der Waals surface area (Å²) in [6, 6.07) is 8.30. The van der Waals surface area contributed by atoms with Gasteiger partial charge in [0.2, 0.25) is 5.91 Å². The zero-order chi connectivity index (χ0) is 14.5. The lowest BCUT2D eigenvalue weighted by molar-refractivity contribution is -0.121. The first-order chi connectivity index (χ1) is 10.3. The van der Waals surface area contributed by atoms with Gasteiger partial charge >= 0.3 is 0 Å². The van der Waals surface area contributed by atoms with Crippen LogP contribution in [0.5, 0.6) is 0 Å². The first-order valence-electron chi connectivity index (χ1n) is 7.26. The number of nitrogens with one attached hydrogen (secondary N) is 1. The highest BCUT2D eigenvalue weighted by Crippen LogP contribution is 2.32. The number of ether oxygens (including phenoxy) is 1. The molecule has 3 rings (SSSR count). The molecule has 2 aromatic heterocycles. The summed E-state index contributed by atoms with van der Waals surface area (Å²) in [5.74, 6) is 0.590. The number of hydrogen-bond acceptors (Lipinski definition) is 4. The highest BCUT2D eigenvalue weighted by molar-refractivity contribution is 7.10. The Morgan fingerprint density at radius 3 is 2.67 bits per heavy atom. The van der Waals surface area contributed by atoms with Crippen molar-refractivity contribution in [2.75, 3.05) is 13.2 Å². The van der Waals surface area contributed by atoms with Crippen molar-refractivity contribution in [1.29, 1.82) is 0 Å².